The van der Waals surface area contributed by atoms with E-state index in [1.165, 1.54) is 19.4 Å². The van der Waals surface area contributed by atoms with Gasteiger partial charge in [0.2, 0.25) is 0 Å². The highest BCUT2D eigenvalue weighted by Crippen LogP contribution is 2.06. The molecule has 1 amide bonds. The molecular weight excluding hydrogens is 232 g/mol. The van der Waals surface area contributed by atoms with Crippen LogP contribution in [0.3, 0.4) is 0 Å². The third-order valence-corrected chi connectivity index (χ3v) is 2.12. The summed E-state index contributed by atoms with van der Waals surface area (Å²) in [6.07, 6.45) is 1.45. The molecule has 6 heteroatoms. The van der Waals surface area contributed by atoms with Crippen LogP contribution in [0.15, 0.2) is 18.3 Å². The van der Waals surface area contributed by atoms with Crippen LogP contribution < -0.4 is 5.32 Å². The SMILES string of the molecule is COCC(CO)NC(=O)c1ccnc(Cl)c1. The summed E-state index contributed by atoms with van der Waals surface area (Å²) in [5, 5.41) is 11.8. The molecule has 0 fully saturated rings. The Bertz CT molecular complexity index is 360. The Morgan fingerprint density at radius 3 is 3.06 bits per heavy atom. The average Bonchev–Trinajstić information content (AvgIpc) is 2.28. The van der Waals surface area contributed by atoms with Crippen LogP contribution in [0, 0.1) is 0 Å². The van der Waals surface area contributed by atoms with E-state index in [2.05, 4.69) is 10.3 Å². The van der Waals surface area contributed by atoms with Gasteiger partial charge in [0.05, 0.1) is 19.3 Å². The highest BCUT2D eigenvalue weighted by Gasteiger charge is 2.12. The van der Waals surface area contributed by atoms with E-state index >= 15 is 0 Å². The Morgan fingerprint density at radius 2 is 2.50 bits per heavy atom. The molecule has 0 radical (unpaired) electrons. The molecule has 0 aliphatic rings. The van der Waals surface area contributed by atoms with Crippen molar-refractivity contribution < 1.29 is 14.6 Å². The fourth-order valence-electron chi connectivity index (χ4n) is 1.15. The molecule has 5 nitrogen and oxygen atoms in total. The topological polar surface area (TPSA) is 71.5 Å². The number of carbonyl (C=O) groups excluding carboxylic acids is 1. The summed E-state index contributed by atoms with van der Waals surface area (Å²) < 4.78 is 4.84. The van der Waals surface area contributed by atoms with E-state index in [4.69, 9.17) is 21.4 Å². The smallest absolute Gasteiger partial charge is 0.251 e. The van der Waals surface area contributed by atoms with Crippen LogP contribution in [0.5, 0.6) is 0 Å². The highest BCUT2D eigenvalue weighted by atomic mass is 35.5. The summed E-state index contributed by atoms with van der Waals surface area (Å²) >= 11 is 5.66. The van der Waals surface area contributed by atoms with Gasteiger partial charge in [-0.05, 0) is 12.1 Å². The maximum Gasteiger partial charge on any atom is 0.251 e. The second-order valence-electron chi connectivity index (χ2n) is 3.18. The van der Waals surface area contributed by atoms with E-state index in [0.717, 1.165) is 0 Å². The zero-order valence-corrected chi connectivity index (χ0v) is 9.57. The van der Waals surface area contributed by atoms with Crippen LogP contribution >= 0.6 is 11.6 Å². The number of rotatable bonds is 5. The van der Waals surface area contributed by atoms with Gasteiger partial charge >= 0.3 is 0 Å². The third kappa shape index (κ3) is 3.77. The van der Waals surface area contributed by atoms with Crippen molar-refractivity contribution in [1.29, 1.82) is 0 Å². The van der Waals surface area contributed by atoms with Crippen molar-refractivity contribution in [1.82, 2.24) is 10.3 Å². The molecule has 0 aliphatic heterocycles. The molecule has 0 aliphatic carbocycles. The minimum Gasteiger partial charge on any atom is -0.394 e. The Hall–Kier alpha value is -1.17. The maximum atomic E-state index is 11.7. The van der Waals surface area contributed by atoms with Crippen molar-refractivity contribution in [3.05, 3.63) is 29.0 Å². The van der Waals surface area contributed by atoms with Crippen LogP contribution in [0.1, 0.15) is 10.4 Å². The number of nitrogens with one attached hydrogen (secondary N) is 1. The molecule has 0 bridgehead atoms. The molecule has 88 valence electrons. The lowest BCUT2D eigenvalue weighted by molar-refractivity contribution is 0.0839. The van der Waals surface area contributed by atoms with Crippen LogP contribution in [-0.4, -0.2) is 42.4 Å². The van der Waals surface area contributed by atoms with Crippen molar-refractivity contribution in [2.24, 2.45) is 0 Å². The third-order valence-electron chi connectivity index (χ3n) is 1.91. The molecule has 1 aromatic rings. The van der Waals surface area contributed by atoms with Gasteiger partial charge in [-0.25, -0.2) is 4.98 Å². The van der Waals surface area contributed by atoms with E-state index < -0.39 is 6.04 Å². The van der Waals surface area contributed by atoms with Gasteiger partial charge < -0.3 is 15.2 Å². The number of aromatic nitrogens is 1. The fourth-order valence-corrected chi connectivity index (χ4v) is 1.33. The second kappa shape index (κ2) is 6.42. The zero-order chi connectivity index (χ0) is 12.0. The number of methoxy groups -OCH3 is 1. The first kappa shape index (κ1) is 12.9. The molecule has 1 heterocycles. The van der Waals surface area contributed by atoms with Gasteiger partial charge in [-0.15, -0.1) is 0 Å². The van der Waals surface area contributed by atoms with E-state index in [1.807, 2.05) is 0 Å². The summed E-state index contributed by atoms with van der Waals surface area (Å²) in [6.45, 7) is 0.0689. The molecular formula is C10H13ClN2O3. The number of ether oxygens (including phenoxy) is 1. The normalized spacial score (nSPS) is 12.2. The lowest BCUT2D eigenvalue weighted by Gasteiger charge is -2.15. The fraction of sp³-hybridized carbons (Fsp3) is 0.400. The van der Waals surface area contributed by atoms with Crippen molar-refractivity contribution in [3.63, 3.8) is 0 Å². The van der Waals surface area contributed by atoms with E-state index in [0.29, 0.717) is 5.56 Å². The number of aliphatic hydroxyl groups is 1. The van der Waals surface area contributed by atoms with Gasteiger partial charge in [-0.2, -0.15) is 0 Å². The van der Waals surface area contributed by atoms with E-state index in [9.17, 15) is 4.79 Å². The number of hydrogen-bond donors (Lipinski definition) is 2. The Labute approximate surface area is 98.4 Å². The number of pyridine rings is 1. The molecule has 1 aromatic heterocycles. The molecule has 1 rings (SSSR count). The van der Waals surface area contributed by atoms with Crippen LogP contribution in [0.2, 0.25) is 5.15 Å². The van der Waals surface area contributed by atoms with Crippen LogP contribution in [0.4, 0.5) is 0 Å². The molecule has 1 atom stereocenters. The van der Waals surface area contributed by atoms with Gasteiger partial charge in [-0.3, -0.25) is 4.79 Å². The highest BCUT2D eigenvalue weighted by molar-refractivity contribution is 6.29. The number of carbonyl (C=O) groups is 1. The molecule has 1 unspecified atom stereocenters. The quantitative estimate of drug-likeness (QED) is 0.739. The number of amides is 1. The number of halogens is 1. The van der Waals surface area contributed by atoms with Gasteiger partial charge in [0.15, 0.2) is 0 Å². The number of nitrogens with zero attached hydrogens (tertiary/aromatic N) is 1. The first-order valence-electron chi connectivity index (χ1n) is 4.69. The second-order valence-corrected chi connectivity index (χ2v) is 3.56. The van der Waals surface area contributed by atoms with Crippen molar-refractivity contribution in [2.45, 2.75) is 6.04 Å². The average molecular weight is 245 g/mol. The maximum absolute atomic E-state index is 11.7. The summed E-state index contributed by atoms with van der Waals surface area (Å²) in [5.41, 5.74) is 0.398. The predicted molar refractivity (Wildman–Crippen MR) is 59.5 cm³/mol. The van der Waals surface area contributed by atoms with Crippen LogP contribution in [-0.2, 0) is 4.74 Å². The molecule has 16 heavy (non-hydrogen) atoms. The Morgan fingerprint density at radius 1 is 1.75 bits per heavy atom. The largest absolute Gasteiger partial charge is 0.394 e. The lowest BCUT2D eigenvalue weighted by atomic mass is 10.2. The summed E-state index contributed by atoms with van der Waals surface area (Å²) in [5.74, 6) is -0.319. The summed E-state index contributed by atoms with van der Waals surface area (Å²) in [4.78, 5) is 15.4. The first-order chi connectivity index (χ1) is 7.67. The molecule has 0 saturated carbocycles. The van der Waals surface area contributed by atoms with Crippen molar-refractivity contribution in [2.75, 3.05) is 20.3 Å². The molecule has 0 saturated heterocycles. The van der Waals surface area contributed by atoms with E-state index in [-0.39, 0.29) is 24.3 Å². The minimum atomic E-state index is -0.426. The Kier molecular flexibility index (Phi) is 5.18. The van der Waals surface area contributed by atoms with Crippen molar-refractivity contribution in [3.8, 4) is 0 Å². The summed E-state index contributed by atoms with van der Waals surface area (Å²) in [6, 6.07) is 2.57. The number of aliphatic hydroxyl groups excluding tert-OH is 1. The monoisotopic (exact) mass is 244 g/mol. The van der Waals surface area contributed by atoms with Gasteiger partial charge in [0, 0.05) is 18.9 Å². The molecule has 0 spiro atoms. The van der Waals surface area contributed by atoms with Crippen molar-refractivity contribution >= 4 is 17.5 Å². The predicted octanol–water partition coefficient (Wildman–Crippen LogP) is 0.472. The van der Waals surface area contributed by atoms with E-state index in [1.54, 1.807) is 6.07 Å². The first-order valence-corrected chi connectivity index (χ1v) is 5.07. The number of hydrogen-bond acceptors (Lipinski definition) is 4. The Balaban J connectivity index is 2.64. The minimum absolute atomic E-state index is 0.182. The van der Waals surface area contributed by atoms with Gasteiger partial charge in [0.1, 0.15) is 5.15 Å². The van der Waals surface area contributed by atoms with Gasteiger partial charge in [0.25, 0.3) is 5.91 Å². The van der Waals surface area contributed by atoms with Gasteiger partial charge in [-0.1, -0.05) is 11.6 Å². The standard InChI is InChI=1S/C10H13ClN2O3/c1-16-6-8(5-14)13-10(15)7-2-3-12-9(11)4-7/h2-4,8,14H,5-6H2,1H3,(H,13,15). The zero-order valence-electron chi connectivity index (χ0n) is 8.81. The summed E-state index contributed by atoms with van der Waals surface area (Å²) in [7, 11) is 1.50. The lowest BCUT2D eigenvalue weighted by Crippen LogP contribution is -2.40. The molecule has 2 N–H and O–H groups in total. The van der Waals surface area contributed by atoms with Crippen LogP contribution in [0.25, 0.3) is 0 Å². The molecule has 0 aromatic carbocycles.